The van der Waals surface area contributed by atoms with E-state index in [2.05, 4.69) is 20.5 Å². The van der Waals surface area contributed by atoms with Crippen molar-refractivity contribution in [2.24, 2.45) is 7.05 Å². The second-order valence-electron chi connectivity index (χ2n) is 5.96. The molecule has 0 unspecified atom stereocenters. The zero-order chi connectivity index (χ0) is 18.6. The highest BCUT2D eigenvalue weighted by Gasteiger charge is 2.11. The van der Waals surface area contributed by atoms with Gasteiger partial charge in [-0.05, 0) is 18.2 Å². The van der Waals surface area contributed by atoms with E-state index in [0.29, 0.717) is 18.1 Å². The Morgan fingerprint density at radius 3 is 2.67 bits per heavy atom. The van der Waals surface area contributed by atoms with Crippen molar-refractivity contribution in [3.63, 3.8) is 0 Å². The largest absolute Gasteiger partial charge is 0.487 e. The summed E-state index contributed by atoms with van der Waals surface area (Å²) >= 11 is 0. The normalized spacial score (nSPS) is 10.5. The van der Waals surface area contributed by atoms with Gasteiger partial charge >= 0.3 is 0 Å². The van der Waals surface area contributed by atoms with Crippen molar-refractivity contribution in [2.45, 2.75) is 6.61 Å². The fraction of sp³-hybridized carbons (Fsp3) is 0.100. The van der Waals surface area contributed by atoms with E-state index in [1.165, 1.54) is 0 Å². The Labute approximate surface area is 155 Å². The van der Waals surface area contributed by atoms with Crippen LogP contribution in [-0.4, -0.2) is 25.2 Å². The number of aryl methyl sites for hydroxylation is 1. The number of rotatable bonds is 5. The molecule has 0 atom stereocenters. The molecule has 4 aromatic rings. The number of benzene rings is 2. The van der Waals surface area contributed by atoms with E-state index < -0.39 is 0 Å². The van der Waals surface area contributed by atoms with Crippen LogP contribution in [0.4, 0.5) is 0 Å². The summed E-state index contributed by atoms with van der Waals surface area (Å²) in [6.45, 7) is 0.379. The van der Waals surface area contributed by atoms with Gasteiger partial charge in [-0.25, -0.2) is 0 Å². The minimum Gasteiger partial charge on any atom is -0.487 e. The summed E-state index contributed by atoms with van der Waals surface area (Å²) in [5.74, 6) is 0.682. The smallest absolute Gasteiger partial charge is 0.190 e. The second-order valence-corrected chi connectivity index (χ2v) is 5.96. The number of nitrogens with one attached hydrogen (secondary N) is 1. The Hall–Kier alpha value is -3.92. The minimum absolute atomic E-state index is 0.256. The van der Waals surface area contributed by atoms with Crippen molar-refractivity contribution in [1.29, 1.82) is 5.26 Å². The molecule has 0 aliphatic carbocycles. The van der Waals surface area contributed by atoms with Gasteiger partial charge in [0, 0.05) is 18.2 Å². The summed E-state index contributed by atoms with van der Waals surface area (Å²) in [5.41, 5.74) is 4.47. The molecular weight excluding hydrogens is 340 g/mol. The second kappa shape index (κ2) is 7.14. The Balaban J connectivity index is 1.52. The predicted octanol–water partition coefficient (Wildman–Crippen LogP) is 3.32. The van der Waals surface area contributed by atoms with Crippen LogP contribution in [-0.2, 0) is 13.7 Å². The van der Waals surface area contributed by atoms with Gasteiger partial charge in [0.1, 0.15) is 24.1 Å². The van der Waals surface area contributed by atoms with Gasteiger partial charge in [-0.3, -0.25) is 4.68 Å². The third kappa shape index (κ3) is 3.41. The van der Waals surface area contributed by atoms with Crippen molar-refractivity contribution in [2.75, 3.05) is 0 Å². The van der Waals surface area contributed by atoms with Crippen LogP contribution in [0, 0.1) is 11.3 Å². The molecule has 132 valence electrons. The number of hydrogen-bond acceptors (Lipinski definition) is 5. The first-order valence-electron chi connectivity index (χ1n) is 8.37. The lowest BCUT2D eigenvalue weighted by atomic mass is 10.1. The van der Waals surface area contributed by atoms with E-state index in [1.807, 2.05) is 78.5 Å². The summed E-state index contributed by atoms with van der Waals surface area (Å²) in [6, 6.07) is 21.5. The fourth-order valence-electron chi connectivity index (χ4n) is 2.79. The number of hydrogen-bond donors (Lipinski definition) is 1. The molecule has 0 fully saturated rings. The molecular formula is C20H16N6O. The lowest BCUT2D eigenvalue weighted by Crippen LogP contribution is -2.03. The van der Waals surface area contributed by atoms with Crippen LogP contribution >= 0.6 is 0 Å². The quantitative estimate of drug-likeness (QED) is 0.592. The standard InChI is InChI=1S/C20H16N6O/c1-26-16(11-18(24-26)14-6-3-2-4-7-14)13-27-17-9-5-8-15(10-17)20-19(12-21)22-25-23-20/h2-11H,13H2,1H3,(H,22,23,25). The molecule has 0 bridgehead atoms. The molecule has 7 nitrogen and oxygen atoms in total. The molecule has 1 N–H and O–H groups in total. The van der Waals surface area contributed by atoms with Crippen molar-refractivity contribution in [3.05, 3.63) is 72.1 Å². The maximum atomic E-state index is 9.10. The summed E-state index contributed by atoms with van der Waals surface area (Å²) in [5, 5.41) is 24.0. The summed E-state index contributed by atoms with van der Waals surface area (Å²) < 4.78 is 7.75. The van der Waals surface area contributed by atoms with Gasteiger partial charge in [-0.2, -0.15) is 20.7 Å². The van der Waals surface area contributed by atoms with Crippen molar-refractivity contribution >= 4 is 0 Å². The van der Waals surface area contributed by atoms with Crippen LogP contribution < -0.4 is 4.74 Å². The van der Waals surface area contributed by atoms with E-state index in [1.54, 1.807) is 0 Å². The van der Waals surface area contributed by atoms with Crippen molar-refractivity contribution in [1.82, 2.24) is 25.2 Å². The molecule has 2 heterocycles. The molecule has 0 amide bonds. The topological polar surface area (TPSA) is 92.4 Å². The lowest BCUT2D eigenvalue weighted by Gasteiger charge is -2.07. The van der Waals surface area contributed by atoms with Gasteiger partial charge in [-0.15, -0.1) is 5.10 Å². The number of aromatic nitrogens is 5. The molecule has 2 aromatic carbocycles. The van der Waals surface area contributed by atoms with Crippen molar-refractivity contribution in [3.8, 4) is 34.3 Å². The maximum absolute atomic E-state index is 9.10. The highest BCUT2D eigenvalue weighted by Crippen LogP contribution is 2.25. The first kappa shape index (κ1) is 16.5. The molecule has 2 aromatic heterocycles. The molecule has 7 heteroatoms. The Bertz CT molecular complexity index is 1110. The van der Waals surface area contributed by atoms with Crippen molar-refractivity contribution < 1.29 is 4.74 Å². The maximum Gasteiger partial charge on any atom is 0.190 e. The number of aromatic amines is 1. The number of H-pyrrole nitrogens is 1. The monoisotopic (exact) mass is 356 g/mol. The van der Waals surface area contributed by atoms with Crippen LogP contribution in [0.3, 0.4) is 0 Å². The fourth-order valence-corrected chi connectivity index (χ4v) is 2.79. The minimum atomic E-state index is 0.256. The number of ether oxygens (including phenoxy) is 1. The predicted molar refractivity (Wildman–Crippen MR) is 99.5 cm³/mol. The third-order valence-corrected chi connectivity index (χ3v) is 4.19. The van der Waals surface area contributed by atoms with E-state index in [9.17, 15) is 0 Å². The highest BCUT2D eigenvalue weighted by atomic mass is 16.5. The SMILES string of the molecule is Cn1nc(-c2ccccc2)cc1COc1cccc(-c2n[nH]nc2C#N)c1. The Kier molecular flexibility index (Phi) is 4.37. The van der Waals surface area contributed by atoms with Crippen LogP contribution in [0.15, 0.2) is 60.7 Å². The summed E-state index contributed by atoms with van der Waals surface area (Å²) in [7, 11) is 1.90. The number of nitrogens with zero attached hydrogens (tertiary/aromatic N) is 5. The zero-order valence-electron chi connectivity index (χ0n) is 14.6. The first-order chi connectivity index (χ1) is 13.2. The Morgan fingerprint density at radius 1 is 1.04 bits per heavy atom. The van der Waals surface area contributed by atoms with Crippen LogP contribution in [0.25, 0.3) is 22.5 Å². The zero-order valence-corrected chi connectivity index (χ0v) is 14.6. The average Bonchev–Trinajstić information content (AvgIpc) is 3.34. The first-order valence-corrected chi connectivity index (χ1v) is 8.37. The van der Waals surface area contributed by atoms with E-state index in [-0.39, 0.29) is 5.69 Å². The van der Waals surface area contributed by atoms with E-state index in [4.69, 9.17) is 10.00 Å². The molecule has 0 radical (unpaired) electrons. The Morgan fingerprint density at radius 2 is 1.85 bits per heavy atom. The van der Waals surface area contributed by atoms with Crippen LogP contribution in [0.2, 0.25) is 0 Å². The molecule has 0 aliphatic rings. The van der Waals surface area contributed by atoms with E-state index in [0.717, 1.165) is 22.5 Å². The van der Waals surface area contributed by atoms with Gasteiger partial charge in [0.15, 0.2) is 5.69 Å². The molecule has 0 saturated heterocycles. The third-order valence-electron chi connectivity index (χ3n) is 4.19. The lowest BCUT2D eigenvalue weighted by molar-refractivity contribution is 0.295. The van der Waals surface area contributed by atoms with Crippen LogP contribution in [0.1, 0.15) is 11.4 Å². The molecule has 0 aliphatic heterocycles. The van der Waals surface area contributed by atoms with Gasteiger partial charge < -0.3 is 4.74 Å². The van der Waals surface area contributed by atoms with Gasteiger partial charge in [0.2, 0.25) is 0 Å². The summed E-state index contributed by atoms with van der Waals surface area (Å²) in [4.78, 5) is 0. The van der Waals surface area contributed by atoms with Gasteiger partial charge in [0.25, 0.3) is 0 Å². The highest BCUT2D eigenvalue weighted by molar-refractivity contribution is 5.65. The number of nitriles is 1. The molecule has 4 rings (SSSR count). The van der Waals surface area contributed by atoms with Gasteiger partial charge in [0.05, 0.1) is 11.4 Å². The van der Waals surface area contributed by atoms with Crippen LogP contribution in [0.5, 0.6) is 5.75 Å². The average molecular weight is 356 g/mol. The molecule has 0 saturated carbocycles. The summed E-state index contributed by atoms with van der Waals surface area (Å²) in [6.07, 6.45) is 0. The van der Waals surface area contributed by atoms with Gasteiger partial charge in [-0.1, -0.05) is 42.5 Å². The molecule has 0 spiro atoms. The molecule has 27 heavy (non-hydrogen) atoms. The van der Waals surface area contributed by atoms with E-state index >= 15 is 0 Å².